The van der Waals surface area contributed by atoms with E-state index in [0.717, 1.165) is 28.6 Å². The predicted molar refractivity (Wildman–Crippen MR) is 86.9 cm³/mol. The Morgan fingerprint density at radius 1 is 1.10 bits per heavy atom. The first-order valence-electron chi connectivity index (χ1n) is 6.89. The summed E-state index contributed by atoms with van der Waals surface area (Å²) in [7, 11) is 0. The van der Waals surface area contributed by atoms with Crippen molar-refractivity contribution in [2.75, 3.05) is 0 Å². The molecule has 1 atom stereocenters. The highest BCUT2D eigenvalue weighted by molar-refractivity contribution is 9.10. The van der Waals surface area contributed by atoms with E-state index in [0.29, 0.717) is 6.61 Å². The average molecular weight is 334 g/mol. The van der Waals surface area contributed by atoms with Gasteiger partial charge in [0, 0.05) is 16.1 Å². The Kier molecular flexibility index (Phi) is 5.62. The summed E-state index contributed by atoms with van der Waals surface area (Å²) in [5.41, 5.74) is 8.36. The van der Waals surface area contributed by atoms with Crippen LogP contribution in [0.15, 0.2) is 53.0 Å². The minimum absolute atomic E-state index is 0.238. The zero-order valence-electron chi connectivity index (χ0n) is 11.7. The summed E-state index contributed by atoms with van der Waals surface area (Å²) in [5, 5.41) is 0. The van der Waals surface area contributed by atoms with Crippen molar-refractivity contribution < 1.29 is 4.74 Å². The van der Waals surface area contributed by atoms with E-state index in [2.05, 4.69) is 41.1 Å². The Hall–Kier alpha value is -1.32. The molecule has 106 valence electrons. The molecular weight excluding hydrogens is 314 g/mol. The number of rotatable bonds is 6. The monoisotopic (exact) mass is 333 g/mol. The molecule has 2 aromatic rings. The molecule has 2 rings (SSSR count). The molecule has 0 heterocycles. The lowest BCUT2D eigenvalue weighted by Gasteiger charge is -2.10. The molecule has 0 spiro atoms. The maximum absolute atomic E-state index is 5.96. The van der Waals surface area contributed by atoms with Crippen molar-refractivity contribution in [1.29, 1.82) is 0 Å². The van der Waals surface area contributed by atoms with Gasteiger partial charge in [0.25, 0.3) is 0 Å². The molecule has 0 aromatic heterocycles. The van der Waals surface area contributed by atoms with Crippen molar-refractivity contribution in [3.05, 3.63) is 64.1 Å². The number of hydrogen-bond donors (Lipinski definition) is 1. The van der Waals surface area contributed by atoms with E-state index in [1.54, 1.807) is 0 Å². The quantitative estimate of drug-likeness (QED) is 0.854. The molecule has 0 fully saturated rings. The predicted octanol–water partition coefficient (Wildman–Crippen LogP) is 4.31. The Balaban J connectivity index is 1.92. The number of nitrogens with two attached hydrogens (primary N) is 1. The lowest BCUT2D eigenvalue weighted by atomic mass is 10.0. The van der Waals surface area contributed by atoms with Gasteiger partial charge in [-0.05, 0) is 36.6 Å². The fraction of sp³-hybridized carbons (Fsp3) is 0.294. The lowest BCUT2D eigenvalue weighted by Crippen LogP contribution is -2.21. The maximum atomic E-state index is 5.96. The second-order valence-corrected chi connectivity index (χ2v) is 5.75. The Bertz CT molecular complexity index is 539. The maximum Gasteiger partial charge on any atom is 0.119 e. The van der Waals surface area contributed by atoms with E-state index in [1.807, 2.05) is 30.3 Å². The summed E-state index contributed by atoms with van der Waals surface area (Å²) in [6.45, 7) is 2.68. The highest BCUT2D eigenvalue weighted by Gasteiger charge is 2.03. The van der Waals surface area contributed by atoms with Crippen LogP contribution in [0.3, 0.4) is 0 Å². The number of hydrogen-bond acceptors (Lipinski definition) is 2. The van der Waals surface area contributed by atoms with Crippen LogP contribution in [0.2, 0.25) is 0 Å². The van der Waals surface area contributed by atoms with Crippen LogP contribution in [0.25, 0.3) is 0 Å². The zero-order chi connectivity index (χ0) is 14.4. The second kappa shape index (κ2) is 7.46. The van der Waals surface area contributed by atoms with Crippen LogP contribution < -0.4 is 10.5 Å². The summed E-state index contributed by atoms with van der Waals surface area (Å²) in [6.07, 6.45) is 1.92. The van der Waals surface area contributed by atoms with Crippen LogP contribution in [-0.2, 0) is 13.0 Å². The minimum atomic E-state index is 0.238. The van der Waals surface area contributed by atoms with E-state index in [-0.39, 0.29) is 6.04 Å². The van der Waals surface area contributed by atoms with Crippen molar-refractivity contribution in [2.45, 2.75) is 32.4 Å². The van der Waals surface area contributed by atoms with E-state index >= 15 is 0 Å². The van der Waals surface area contributed by atoms with Gasteiger partial charge in [0.05, 0.1) is 0 Å². The summed E-state index contributed by atoms with van der Waals surface area (Å²) >= 11 is 3.52. The zero-order valence-corrected chi connectivity index (χ0v) is 13.3. The molecule has 0 amide bonds. The third-order valence-corrected chi connectivity index (χ3v) is 4.07. The molecule has 20 heavy (non-hydrogen) atoms. The van der Waals surface area contributed by atoms with Gasteiger partial charge < -0.3 is 10.5 Å². The molecule has 0 radical (unpaired) electrons. The molecule has 2 N–H and O–H groups in total. The molecule has 1 unspecified atom stereocenters. The van der Waals surface area contributed by atoms with Crippen molar-refractivity contribution >= 4 is 15.9 Å². The van der Waals surface area contributed by atoms with Gasteiger partial charge in [-0.15, -0.1) is 0 Å². The Labute approximate surface area is 129 Å². The molecule has 0 bridgehead atoms. The second-order valence-electron chi connectivity index (χ2n) is 4.90. The first-order chi connectivity index (χ1) is 9.69. The van der Waals surface area contributed by atoms with Gasteiger partial charge in [0.15, 0.2) is 0 Å². The van der Waals surface area contributed by atoms with Crippen molar-refractivity contribution in [3.8, 4) is 5.75 Å². The molecule has 0 aliphatic carbocycles. The number of benzene rings is 2. The van der Waals surface area contributed by atoms with Crippen LogP contribution in [0.4, 0.5) is 0 Å². The van der Waals surface area contributed by atoms with E-state index in [4.69, 9.17) is 10.5 Å². The molecule has 2 nitrogen and oxygen atoms in total. The van der Waals surface area contributed by atoms with Gasteiger partial charge in [-0.3, -0.25) is 0 Å². The fourth-order valence-corrected chi connectivity index (χ4v) is 2.34. The highest BCUT2D eigenvalue weighted by Crippen LogP contribution is 2.19. The molecular formula is C17H20BrNO. The van der Waals surface area contributed by atoms with Crippen LogP contribution in [-0.4, -0.2) is 6.04 Å². The third-order valence-electron chi connectivity index (χ3n) is 3.30. The smallest absolute Gasteiger partial charge is 0.119 e. The average Bonchev–Trinajstić information content (AvgIpc) is 2.48. The van der Waals surface area contributed by atoms with Gasteiger partial charge >= 0.3 is 0 Å². The first-order valence-corrected chi connectivity index (χ1v) is 7.69. The fourth-order valence-electron chi connectivity index (χ4n) is 1.95. The molecule has 0 aliphatic rings. The lowest BCUT2D eigenvalue weighted by molar-refractivity contribution is 0.305. The molecule has 0 saturated carbocycles. The highest BCUT2D eigenvalue weighted by atomic mass is 79.9. The Morgan fingerprint density at radius 3 is 2.45 bits per heavy atom. The summed E-state index contributed by atoms with van der Waals surface area (Å²) in [4.78, 5) is 0. The molecule has 0 aliphatic heterocycles. The van der Waals surface area contributed by atoms with Gasteiger partial charge in [-0.25, -0.2) is 0 Å². The van der Waals surface area contributed by atoms with Crippen LogP contribution in [0.1, 0.15) is 24.5 Å². The van der Waals surface area contributed by atoms with Crippen molar-refractivity contribution in [1.82, 2.24) is 0 Å². The van der Waals surface area contributed by atoms with Crippen LogP contribution in [0, 0.1) is 0 Å². The van der Waals surface area contributed by atoms with E-state index < -0.39 is 0 Å². The molecule has 2 aromatic carbocycles. The summed E-state index contributed by atoms with van der Waals surface area (Å²) in [6, 6.07) is 16.5. The first kappa shape index (κ1) is 15.1. The topological polar surface area (TPSA) is 35.2 Å². The van der Waals surface area contributed by atoms with Crippen LogP contribution >= 0.6 is 15.9 Å². The summed E-state index contributed by atoms with van der Waals surface area (Å²) < 4.78 is 6.87. The van der Waals surface area contributed by atoms with Gasteiger partial charge in [0.1, 0.15) is 12.4 Å². The third kappa shape index (κ3) is 4.36. The van der Waals surface area contributed by atoms with E-state index in [9.17, 15) is 0 Å². The van der Waals surface area contributed by atoms with Gasteiger partial charge in [-0.2, -0.15) is 0 Å². The summed E-state index contributed by atoms with van der Waals surface area (Å²) in [5.74, 6) is 0.884. The Morgan fingerprint density at radius 2 is 1.80 bits per heavy atom. The SMILES string of the molecule is CCC(N)Cc1ccc(OCc2ccccc2Br)cc1. The van der Waals surface area contributed by atoms with Crippen LogP contribution in [0.5, 0.6) is 5.75 Å². The van der Waals surface area contributed by atoms with E-state index in [1.165, 1.54) is 5.56 Å². The minimum Gasteiger partial charge on any atom is -0.489 e. The standard InChI is InChI=1S/C17H20BrNO/c1-2-15(19)11-13-7-9-16(10-8-13)20-12-14-5-3-4-6-17(14)18/h3-10,15H,2,11-12,19H2,1H3. The van der Waals surface area contributed by atoms with Gasteiger partial charge in [-0.1, -0.05) is 53.2 Å². The molecule has 0 saturated heterocycles. The number of halogens is 1. The van der Waals surface area contributed by atoms with Crippen molar-refractivity contribution in [2.24, 2.45) is 5.73 Å². The largest absolute Gasteiger partial charge is 0.489 e. The molecule has 3 heteroatoms. The van der Waals surface area contributed by atoms with Gasteiger partial charge in [0.2, 0.25) is 0 Å². The normalized spacial score (nSPS) is 12.2. The number of ether oxygens (including phenoxy) is 1. The van der Waals surface area contributed by atoms with Crippen molar-refractivity contribution in [3.63, 3.8) is 0 Å².